The van der Waals surface area contributed by atoms with Crippen LogP contribution in [0, 0.1) is 0 Å². The smallest absolute Gasteiger partial charge is 0.335 e. The molecule has 0 saturated carbocycles. The first-order chi connectivity index (χ1) is 9.09. The lowest BCUT2D eigenvalue weighted by Crippen LogP contribution is -2.04. The van der Waals surface area contributed by atoms with E-state index in [1.165, 1.54) is 12.1 Å². The quantitative estimate of drug-likeness (QED) is 0.931. The van der Waals surface area contributed by atoms with Gasteiger partial charge in [0.25, 0.3) is 0 Å². The van der Waals surface area contributed by atoms with Crippen molar-refractivity contribution in [2.45, 2.75) is 17.1 Å². The van der Waals surface area contributed by atoms with Gasteiger partial charge in [0.1, 0.15) is 0 Å². The van der Waals surface area contributed by atoms with E-state index in [9.17, 15) is 9.00 Å². The van der Waals surface area contributed by atoms with Gasteiger partial charge in [-0.25, -0.2) is 4.79 Å². The van der Waals surface area contributed by atoms with E-state index in [0.717, 1.165) is 5.56 Å². The molecule has 2 rings (SSSR count). The zero-order chi connectivity index (χ0) is 13.8. The summed E-state index contributed by atoms with van der Waals surface area (Å²) in [6.07, 6.45) is 0. The maximum absolute atomic E-state index is 12.4. The fourth-order valence-electron chi connectivity index (χ4n) is 1.78. The highest BCUT2D eigenvalue weighted by molar-refractivity contribution is 7.85. The number of carboxylic acids is 1. The Kier molecular flexibility index (Phi) is 4.12. The van der Waals surface area contributed by atoms with Gasteiger partial charge >= 0.3 is 5.97 Å². The second-order valence-electron chi connectivity index (χ2n) is 4.18. The van der Waals surface area contributed by atoms with Crippen molar-refractivity contribution in [2.75, 3.05) is 0 Å². The number of hydrogen-bond donors (Lipinski definition) is 1. The molecule has 2 unspecified atom stereocenters. The number of hydrogen-bond acceptors (Lipinski definition) is 2. The van der Waals surface area contributed by atoms with Crippen molar-refractivity contribution in [3.63, 3.8) is 0 Å². The maximum atomic E-state index is 12.4. The standard InChI is InChI=1S/C15H14O3S/c1-11(12-5-3-2-4-6-12)19(18)14-9-7-13(8-10-14)15(16)17/h2-11H,1H3,(H,16,17). The summed E-state index contributed by atoms with van der Waals surface area (Å²) >= 11 is 0. The molecule has 2 aromatic carbocycles. The van der Waals surface area contributed by atoms with Gasteiger partial charge in [0, 0.05) is 4.90 Å². The zero-order valence-corrected chi connectivity index (χ0v) is 11.3. The summed E-state index contributed by atoms with van der Waals surface area (Å²) in [5.74, 6) is -0.978. The molecule has 0 spiro atoms. The minimum absolute atomic E-state index is 0.128. The van der Waals surface area contributed by atoms with Gasteiger partial charge in [0.2, 0.25) is 0 Å². The van der Waals surface area contributed by atoms with Crippen LogP contribution in [0.5, 0.6) is 0 Å². The summed E-state index contributed by atoms with van der Waals surface area (Å²) in [6, 6.07) is 15.8. The number of carboxylic acid groups (broad SMARTS) is 1. The van der Waals surface area contributed by atoms with Crippen molar-refractivity contribution in [1.82, 2.24) is 0 Å². The molecule has 0 fully saturated rings. The first kappa shape index (κ1) is 13.5. The van der Waals surface area contributed by atoms with Gasteiger partial charge in [0.05, 0.1) is 21.6 Å². The van der Waals surface area contributed by atoms with Crippen LogP contribution in [-0.2, 0) is 10.8 Å². The molecule has 19 heavy (non-hydrogen) atoms. The summed E-state index contributed by atoms with van der Waals surface area (Å²) in [6.45, 7) is 1.90. The van der Waals surface area contributed by atoms with Gasteiger partial charge in [-0.05, 0) is 36.8 Å². The van der Waals surface area contributed by atoms with Gasteiger partial charge in [-0.3, -0.25) is 4.21 Å². The molecule has 0 aliphatic heterocycles. The fraction of sp³-hybridized carbons (Fsp3) is 0.133. The van der Waals surface area contributed by atoms with Crippen LogP contribution in [0.15, 0.2) is 59.5 Å². The van der Waals surface area contributed by atoms with Crippen LogP contribution in [0.1, 0.15) is 28.1 Å². The Balaban J connectivity index is 2.22. The predicted octanol–water partition coefficient (Wildman–Crippen LogP) is 3.25. The normalized spacial score (nSPS) is 13.7. The van der Waals surface area contributed by atoms with E-state index in [-0.39, 0.29) is 10.8 Å². The lowest BCUT2D eigenvalue weighted by atomic mass is 10.2. The second kappa shape index (κ2) is 5.80. The van der Waals surface area contributed by atoms with Gasteiger partial charge in [0.15, 0.2) is 0 Å². The van der Waals surface area contributed by atoms with Crippen LogP contribution in [0.3, 0.4) is 0 Å². The molecule has 0 saturated heterocycles. The first-order valence-corrected chi connectivity index (χ1v) is 7.10. The molecule has 0 aliphatic rings. The lowest BCUT2D eigenvalue weighted by Gasteiger charge is -2.11. The molecule has 0 heterocycles. The van der Waals surface area contributed by atoms with Crippen LogP contribution in [-0.4, -0.2) is 15.3 Å². The average molecular weight is 274 g/mol. The van der Waals surface area contributed by atoms with Gasteiger partial charge in [-0.1, -0.05) is 30.3 Å². The van der Waals surface area contributed by atoms with Gasteiger partial charge < -0.3 is 5.11 Å². The summed E-state index contributed by atoms with van der Waals surface area (Å²) in [5.41, 5.74) is 1.20. The number of carbonyl (C=O) groups is 1. The molecule has 4 heteroatoms. The molecular formula is C15H14O3S. The summed E-state index contributed by atoms with van der Waals surface area (Å²) < 4.78 is 12.4. The molecule has 98 valence electrons. The molecule has 2 aromatic rings. The van der Waals surface area contributed by atoms with Crippen LogP contribution in [0.25, 0.3) is 0 Å². The molecule has 0 amide bonds. The van der Waals surface area contributed by atoms with E-state index in [1.807, 2.05) is 37.3 Å². The highest BCUT2D eigenvalue weighted by Gasteiger charge is 2.15. The van der Waals surface area contributed by atoms with E-state index in [1.54, 1.807) is 12.1 Å². The monoisotopic (exact) mass is 274 g/mol. The van der Waals surface area contributed by atoms with E-state index in [0.29, 0.717) is 4.90 Å². The van der Waals surface area contributed by atoms with E-state index < -0.39 is 16.8 Å². The van der Waals surface area contributed by atoms with Crippen molar-refractivity contribution >= 4 is 16.8 Å². The third-order valence-electron chi connectivity index (χ3n) is 2.92. The minimum atomic E-state index is -1.19. The number of aromatic carboxylic acids is 1. The molecule has 3 nitrogen and oxygen atoms in total. The highest BCUT2D eigenvalue weighted by atomic mass is 32.2. The van der Waals surface area contributed by atoms with Crippen LogP contribution in [0.4, 0.5) is 0 Å². The largest absolute Gasteiger partial charge is 0.478 e. The van der Waals surface area contributed by atoms with E-state index in [2.05, 4.69) is 0 Å². The van der Waals surface area contributed by atoms with Crippen molar-refractivity contribution in [1.29, 1.82) is 0 Å². The summed E-state index contributed by atoms with van der Waals surface area (Å²) in [5, 5.41) is 8.70. The van der Waals surface area contributed by atoms with Gasteiger partial charge in [-0.15, -0.1) is 0 Å². The van der Waals surface area contributed by atoms with Crippen LogP contribution < -0.4 is 0 Å². The molecule has 0 aromatic heterocycles. The highest BCUT2D eigenvalue weighted by Crippen LogP contribution is 2.24. The summed E-state index contributed by atoms with van der Waals surface area (Å²) in [4.78, 5) is 11.4. The Morgan fingerprint density at radius 3 is 2.16 bits per heavy atom. The minimum Gasteiger partial charge on any atom is -0.478 e. The van der Waals surface area contributed by atoms with Gasteiger partial charge in [-0.2, -0.15) is 0 Å². The first-order valence-electron chi connectivity index (χ1n) is 5.88. The van der Waals surface area contributed by atoms with Crippen molar-refractivity contribution in [3.05, 3.63) is 65.7 Å². The Bertz CT molecular complexity index is 591. The second-order valence-corrected chi connectivity index (χ2v) is 5.95. The lowest BCUT2D eigenvalue weighted by molar-refractivity contribution is 0.0697. The third kappa shape index (κ3) is 3.09. The van der Waals surface area contributed by atoms with E-state index >= 15 is 0 Å². The fourth-order valence-corrected chi connectivity index (χ4v) is 3.00. The van der Waals surface area contributed by atoms with Crippen LogP contribution >= 0.6 is 0 Å². The predicted molar refractivity (Wildman–Crippen MR) is 74.7 cm³/mol. The SMILES string of the molecule is CC(c1ccccc1)S(=O)c1ccc(C(=O)O)cc1. The molecule has 2 atom stereocenters. The number of rotatable bonds is 4. The Labute approximate surface area is 114 Å². The summed E-state index contributed by atoms with van der Waals surface area (Å²) in [7, 11) is -1.19. The molecule has 1 N–H and O–H groups in total. The topological polar surface area (TPSA) is 54.4 Å². The molecular weight excluding hydrogens is 260 g/mol. The van der Waals surface area contributed by atoms with Crippen molar-refractivity contribution in [2.24, 2.45) is 0 Å². The van der Waals surface area contributed by atoms with Crippen molar-refractivity contribution in [3.8, 4) is 0 Å². The zero-order valence-electron chi connectivity index (χ0n) is 10.4. The Hall–Kier alpha value is -1.94. The Morgan fingerprint density at radius 1 is 1.05 bits per heavy atom. The van der Waals surface area contributed by atoms with Crippen LogP contribution in [0.2, 0.25) is 0 Å². The third-order valence-corrected chi connectivity index (χ3v) is 4.57. The van der Waals surface area contributed by atoms with E-state index in [4.69, 9.17) is 5.11 Å². The maximum Gasteiger partial charge on any atom is 0.335 e. The van der Waals surface area contributed by atoms with Crippen molar-refractivity contribution < 1.29 is 14.1 Å². The Morgan fingerprint density at radius 2 is 1.63 bits per heavy atom. The molecule has 0 bridgehead atoms. The average Bonchev–Trinajstić information content (AvgIpc) is 2.46. The number of benzene rings is 2. The molecule has 0 aliphatic carbocycles. The molecule has 0 radical (unpaired) electrons.